The number of rotatable bonds is 3. The van der Waals surface area contributed by atoms with Crippen LogP contribution in [0.2, 0.25) is 0 Å². The number of benzene rings is 1. The van der Waals surface area contributed by atoms with Crippen molar-refractivity contribution in [3.8, 4) is 11.8 Å². The van der Waals surface area contributed by atoms with E-state index in [1.165, 1.54) is 3.57 Å². The molecule has 1 aliphatic carbocycles. The Morgan fingerprint density at radius 2 is 2.11 bits per heavy atom. The average Bonchev–Trinajstić information content (AvgIpc) is 3.45. The highest BCUT2D eigenvalue weighted by Gasteiger charge is 2.31. The molecule has 0 atom stereocenters. The van der Waals surface area contributed by atoms with Gasteiger partial charge in [0.05, 0.1) is 11.2 Å². The van der Waals surface area contributed by atoms with Gasteiger partial charge < -0.3 is 0 Å². The van der Waals surface area contributed by atoms with E-state index in [2.05, 4.69) is 50.6 Å². The van der Waals surface area contributed by atoms with Crippen LogP contribution in [0.4, 0.5) is 11.5 Å². The van der Waals surface area contributed by atoms with Gasteiger partial charge in [0.25, 0.3) is 5.56 Å². The van der Waals surface area contributed by atoms with Gasteiger partial charge in [-0.2, -0.15) is 0 Å². The molecule has 4 rings (SSSR count). The molecule has 142 valence electrons. The van der Waals surface area contributed by atoms with E-state index in [1.807, 2.05) is 13.0 Å². The number of aromatic nitrogens is 3. The largest absolute Gasteiger partial charge is 0.308 e. The second-order valence-electron chi connectivity index (χ2n) is 6.99. The molecule has 0 bridgehead atoms. The van der Waals surface area contributed by atoms with Crippen molar-refractivity contribution in [3.05, 3.63) is 49.3 Å². The fraction of sp³-hybridized carbons (Fsp3) is 0.286. The summed E-state index contributed by atoms with van der Waals surface area (Å²) in [5.74, 6) is 5.81. The van der Waals surface area contributed by atoms with E-state index < -0.39 is 0 Å². The van der Waals surface area contributed by atoms with Crippen LogP contribution in [0.1, 0.15) is 36.8 Å². The Balaban J connectivity index is 1.96. The van der Waals surface area contributed by atoms with Crippen LogP contribution < -0.4 is 10.5 Å². The summed E-state index contributed by atoms with van der Waals surface area (Å²) in [6, 6.07) is 7.72. The predicted octanol–water partition coefficient (Wildman–Crippen LogP) is 3.74. The van der Waals surface area contributed by atoms with Crippen LogP contribution in [0, 0.1) is 22.3 Å². The Hall–Kier alpha value is -2.60. The van der Waals surface area contributed by atoms with Gasteiger partial charge in [-0.25, -0.2) is 4.98 Å². The monoisotopic (exact) mass is 486 g/mol. The summed E-state index contributed by atoms with van der Waals surface area (Å²) >= 11 is 2.32. The van der Waals surface area contributed by atoms with E-state index in [0.29, 0.717) is 22.8 Å². The highest BCUT2D eigenvalue weighted by molar-refractivity contribution is 14.1. The first kappa shape index (κ1) is 18.7. The molecule has 0 radical (unpaired) electrons. The van der Waals surface area contributed by atoms with Gasteiger partial charge in [-0.15, -0.1) is 0 Å². The van der Waals surface area contributed by atoms with Crippen molar-refractivity contribution in [1.29, 1.82) is 0 Å². The molecule has 1 fully saturated rings. The fourth-order valence-electron chi connectivity index (χ4n) is 3.37. The maximum Gasteiger partial charge on any atom is 0.308 e. The normalized spacial score (nSPS) is 13.3. The molecule has 0 spiro atoms. The standard InChI is InChI=1S/C21H19IN4O2/c1-4-5-19(27)26(17-10-12(2)15(22)11-14(17)13-6-7-13)18-9-8-16-20(23-18)21(28)24-25(16)3/h8-11,13H,6-7H2,1-3H3,(H,24,28). The van der Waals surface area contributed by atoms with Crippen molar-refractivity contribution < 1.29 is 4.79 Å². The number of nitrogens with one attached hydrogen (secondary N) is 1. The molecule has 0 aliphatic heterocycles. The minimum Gasteiger partial charge on any atom is -0.286 e. The first-order valence-corrected chi connectivity index (χ1v) is 10.1. The zero-order chi connectivity index (χ0) is 20.0. The van der Waals surface area contributed by atoms with Crippen LogP contribution >= 0.6 is 22.6 Å². The van der Waals surface area contributed by atoms with Gasteiger partial charge in [0.2, 0.25) is 0 Å². The van der Waals surface area contributed by atoms with E-state index in [0.717, 1.165) is 29.7 Å². The maximum absolute atomic E-state index is 13.0. The lowest BCUT2D eigenvalue weighted by atomic mass is 10.0. The zero-order valence-electron chi connectivity index (χ0n) is 15.8. The predicted molar refractivity (Wildman–Crippen MR) is 118 cm³/mol. The summed E-state index contributed by atoms with van der Waals surface area (Å²) in [6.45, 7) is 3.66. The first-order chi connectivity index (χ1) is 13.4. The van der Waals surface area contributed by atoms with E-state index >= 15 is 0 Å². The summed E-state index contributed by atoms with van der Waals surface area (Å²) in [5, 5.41) is 2.70. The minimum atomic E-state index is -0.357. The van der Waals surface area contributed by atoms with Gasteiger partial charge >= 0.3 is 5.91 Å². The lowest BCUT2D eigenvalue weighted by Crippen LogP contribution is -2.26. The smallest absolute Gasteiger partial charge is 0.286 e. The number of fused-ring (bicyclic) bond motifs is 1. The van der Waals surface area contributed by atoms with E-state index in [9.17, 15) is 9.59 Å². The number of anilines is 2. The molecule has 1 amide bonds. The Morgan fingerprint density at radius 3 is 2.79 bits per heavy atom. The third-order valence-electron chi connectivity index (χ3n) is 4.94. The molecule has 28 heavy (non-hydrogen) atoms. The highest BCUT2D eigenvalue weighted by Crippen LogP contribution is 2.46. The third kappa shape index (κ3) is 3.22. The summed E-state index contributed by atoms with van der Waals surface area (Å²) in [6.07, 6.45) is 2.22. The number of aryl methyl sites for hydroxylation is 2. The number of carbonyl (C=O) groups is 1. The molecule has 3 aromatic rings. The van der Waals surface area contributed by atoms with Crippen LogP contribution in [0.5, 0.6) is 0 Å². The summed E-state index contributed by atoms with van der Waals surface area (Å²) in [5.41, 5.74) is 3.72. The molecule has 1 aliphatic rings. The SMILES string of the molecule is CC#CC(=O)N(c1ccc2c(n1)c(=O)[nH]n2C)c1cc(C)c(I)cc1C1CC1. The fourth-order valence-corrected chi connectivity index (χ4v) is 3.86. The lowest BCUT2D eigenvalue weighted by Gasteiger charge is -2.23. The highest BCUT2D eigenvalue weighted by atomic mass is 127. The second kappa shape index (κ2) is 7.09. The Bertz CT molecular complexity index is 1220. The van der Waals surface area contributed by atoms with Gasteiger partial charge in [-0.05, 0) is 96.5 Å². The number of nitrogens with zero attached hydrogens (tertiary/aromatic N) is 3. The van der Waals surface area contributed by atoms with Crippen molar-refractivity contribution >= 4 is 51.0 Å². The summed E-state index contributed by atoms with van der Waals surface area (Å²) in [7, 11) is 1.75. The van der Waals surface area contributed by atoms with Crippen LogP contribution in [0.3, 0.4) is 0 Å². The minimum absolute atomic E-state index is 0.283. The number of aromatic amines is 1. The van der Waals surface area contributed by atoms with Crippen molar-refractivity contribution in [1.82, 2.24) is 14.8 Å². The first-order valence-electron chi connectivity index (χ1n) is 9.03. The Labute approximate surface area is 176 Å². The van der Waals surface area contributed by atoms with Crippen LogP contribution in [-0.2, 0) is 11.8 Å². The Morgan fingerprint density at radius 1 is 1.36 bits per heavy atom. The summed E-state index contributed by atoms with van der Waals surface area (Å²) in [4.78, 5) is 31.3. The van der Waals surface area contributed by atoms with Gasteiger partial charge in [-0.3, -0.25) is 24.3 Å². The van der Waals surface area contributed by atoms with Crippen molar-refractivity contribution in [3.63, 3.8) is 0 Å². The maximum atomic E-state index is 13.0. The van der Waals surface area contributed by atoms with Gasteiger partial charge in [0.1, 0.15) is 5.82 Å². The van der Waals surface area contributed by atoms with Crippen molar-refractivity contribution in [2.24, 2.45) is 7.05 Å². The van der Waals surface area contributed by atoms with Gasteiger partial charge in [-0.1, -0.05) is 5.92 Å². The molecule has 2 heterocycles. The molecular formula is C21H19IN4O2. The van der Waals surface area contributed by atoms with Crippen molar-refractivity contribution in [2.75, 3.05) is 4.90 Å². The van der Waals surface area contributed by atoms with Crippen molar-refractivity contribution in [2.45, 2.75) is 32.6 Å². The molecule has 2 aromatic heterocycles. The zero-order valence-corrected chi connectivity index (χ0v) is 18.0. The molecule has 0 saturated heterocycles. The average molecular weight is 486 g/mol. The molecule has 1 N–H and O–H groups in total. The number of pyridine rings is 1. The molecule has 0 unspecified atom stereocenters. The van der Waals surface area contributed by atoms with E-state index in [4.69, 9.17) is 0 Å². The third-order valence-corrected chi connectivity index (χ3v) is 6.10. The topological polar surface area (TPSA) is 71.0 Å². The number of H-pyrrole nitrogens is 1. The van der Waals surface area contributed by atoms with Crippen LogP contribution in [0.25, 0.3) is 11.0 Å². The van der Waals surface area contributed by atoms with E-state index in [-0.39, 0.29) is 11.5 Å². The number of amides is 1. The molecular weight excluding hydrogens is 467 g/mol. The van der Waals surface area contributed by atoms with Gasteiger partial charge in [0, 0.05) is 10.6 Å². The number of halogens is 1. The second-order valence-corrected chi connectivity index (χ2v) is 8.15. The lowest BCUT2D eigenvalue weighted by molar-refractivity contribution is -0.112. The number of hydrogen-bond donors (Lipinski definition) is 1. The quantitative estimate of drug-likeness (QED) is 0.453. The number of carbonyl (C=O) groups excluding carboxylic acids is 1. The molecule has 1 saturated carbocycles. The van der Waals surface area contributed by atoms with Gasteiger partial charge in [0.15, 0.2) is 5.52 Å². The number of hydrogen-bond acceptors (Lipinski definition) is 3. The molecule has 1 aromatic carbocycles. The Kier molecular flexibility index (Phi) is 4.75. The van der Waals surface area contributed by atoms with Crippen LogP contribution in [0.15, 0.2) is 29.1 Å². The van der Waals surface area contributed by atoms with Crippen LogP contribution in [-0.4, -0.2) is 20.7 Å². The molecule has 7 heteroatoms. The summed E-state index contributed by atoms with van der Waals surface area (Å²) < 4.78 is 2.79. The molecule has 6 nitrogen and oxygen atoms in total. The van der Waals surface area contributed by atoms with E-state index in [1.54, 1.807) is 35.7 Å².